The average Bonchev–Trinajstić information content (AvgIpc) is 2.69. The molecule has 0 aromatic carbocycles. The first-order valence-corrected chi connectivity index (χ1v) is 5.98. The lowest BCUT2D eigenvalue weighted by Crippen LogP contribution is -2.45. The topological polar surface area (TPSA) is 32.3 Å². The van der Waals surface area contributed by atoms with Gasteiger partial charge < -0.3 is 4.90 Å². The predicted molar refractivity (Wildman–Crippen MR) is 60.0 cm³/mol. The van der Waals surface area contributed by atoms with Crippen LogP contribution in [0.5, 0.6) is 0 Å². The third kappa shape index (κ3) is 2.93. The van der Waals surface area contributed by atoms with E-state index in [1.165, 1.54) is 0 Å². The third-order valence-corrected chi connectivity index (χ3v) is 3.04. The minimum Gasteiger partial charge on any atom is -0.330 e. The van der Waals surface area contributed by atoms with Crippen LogP contribution in [0, 0.1) is 12.3 Å². The Labute approximate surface area is 89.6 Å². The van der Waals surface area contributed by atoms with Gasteiger partial charge in [-0.2, -0.15) is 0 Å². The first kappa shape index (κ1) is 11.4. The Bertz CT molecular complexity index is 231. The van der Waals surface area contributed by atoms with E-state index in [4.69, 9.17) is 6.42 Å². The Morgan fingerprint density at radius 3 is 3.07 bits per heavy atom. The van der Waals surface area contributed by atoms with Crippen LogP contribution in [0.1, 0.15) is 13.3 Å². The summed E-state index contributed by atoms with van der Waals surface area (Å²) >= 11 is 1.75. The van der Waals surface area contributed by atoms with Crippen LogP contribution in [0.3, 0.4) is 0 Å². The number of rotatable bonds is 4. The number of amides is 1. The number of hydrogen-bond donors (Lipinski definition) is 1. The highest BCUT2D eigenvalue weighted by Crippen LogP contribution is 2.11. The maximum Gasteiger partial charge on any atom is 0.241 e. The van der Waals surface area contributed by atoms with E-state index in [0.29, 0.717) is 6.54 Å². The van der Waals surface area contributed by atoms with Gasteiger partial charge in [-0.1, -0.05) is 12.8 Å². The van der Waals surface area contributed by atoms with Crippen LogP contribution in [0.15, 0.2) is 0 Å². The zero-order chi connectivity index (χ0) is 10.4. The summed E-state index contributed by atoms with van der Waals surface area (Å²) in [6.07, 6.45) is 6.18. The fourth-order valence-electron chi connectivity index (χ4n) is 1.42. The molecule has 1 saturated heterocycles. The van der Waals surface area contributed by atoms with Crippen molar-refractivity contribution in [3.05, 3.63) is 0 Å². The minimum atomic E-state index is -0.0279. The van der Waals surface area contributed by atoms with Gasteiger partial charge in [0.2, 0.25) is 5.91 Å². The molecule has 0 aromatic heterocycles. The number of nitrogens with zero attached hydrogens (tertiary/aromatic N) is 1. The molecule has 1 atom stereocenters. The van der Waals surface area contributed by atoms with Crippen LogP contribution in [0.25, 0.3) is 0 Å². The van der Waals surface area contributed by atoms with E-state index >= 15 is 0 Å². The highest BCUT2D eigenvalue weighted by molar-refractivity contribution is 7.99. The van der Waals surface area contributed by atoms with Gasteiger partial charge in [0.15, 0.2) is 0 Å². The summed E-state index contributed by atoms with van der Waals surface area (Å²) < 4.78 is 0. The maximum atomic E-state index is 11.9. The van der Waals surface area contributed by atoms with Crippen molar-refractivity contribution in [3.63, 3.8) is 0 Å². The minimum absolute atomic E-state index is 0.0279. The van der Waals surface area contributed by atoms with Crippen molar-refractivity contribution in [2.24, 2.45) is 0 Å². The van der Waals surface area contributed by atoms with Crippen LogP contribution < -0.4 is 5.32 Å². The second kappa shape index (κ2) is 5.94. The van der Waals surface area contributed by atoms with Crippen molar-refractivity contribution in [2.75, 3.05) is 24.7 Å². The molecule has 0 saturated carbocycles. The number of carbonyl (C=O) groups excluding carboxylic acids is 1. The standard InChI is InChI=1S/C10H16N2OS/c1-3-5-12(6-4-2)10(13)9-7-14-8-11-9/h1,9,11H,4-8H2,2H3. The summed E-state index contributed by atoms with van der Waals surface area (Å²) in [5.41, 5.74) is 0. The Morgan fingerprint density at radius 1 is 1.79 bits per heavy atom. The van der Waals surface area contributed by atoms with E-state index in [0.717, 1.165) is 24.6 Å². The lowest BCUT2D eigenvalue weighted by molar-refractivity contribution is -0.132. The van der Waals surface area contributed by atoms with Crippen molar-refractivity contribution in [1.29, 1.82) is 0 Å². The van der Waals surface area contributed by atoms with E-state index in [1.807, 2.05) is 6.92 Å². The molecule has 0 aromatic rings. The van der Waals surface area contributed by atoms with Crippen LogP contribution in [0.4, 0.5) is 0 Å². The Hall–Kier alpha value is -0.660. The molecular formula is C10H16N2OS. The molecule has 0 radical (unpaired) electrons. The highest BCUT2D eigenvalue weighted by atomic mass is 32.2. The molecular weight excluding hydrogens is 196 g/mol. The summed E-state index contributed by atoms with van der Waals surface area (Å²) in [6, 6.07) is -0.0279. The van der Waals surface area contributed by atoms with Crippen molar-refractivity contribution >= 4 is 17.7 Å². The smallest absolute Gasteiger partial charge is 0.241 e. The molecule has 14 heavy (non-hydrogen) atoms. The molecule has 1 aliphatic rings. The van der Waals surface area contributed by atoms with Crippen molar-refractivity contribution in [3.8, 4) is 12.3 Å². The van der Waals surface area contributed by atoms with E-state index in [1.54, 1.807) is 16.7 Å². The van der Waals surface area contributed by atoms with Gasteiger partial charge in [-0.05, 0) is 6.42 Å². The molecule has 3 nitrogen and oxygen atoms in total. The van der Waals surface area contributed by atoms with E-state index in [9.17, 15) is 4.79 Å². The summed E-state index contributed by atoms with van der Waals surface area (Å²) in [7, 11) is 0. The van der Waals surface area contributed by atoms with Crippen LogP contribution in [-0.2, 0) is 4.79 Å². The van der Waals surface area contributed by atoms with Gasteiger partial charge in [0.25, 0.3) is 0 Å². The van der Waals surface area contributed by atoms with E-state index in [-0.39, 0.29) is 11.9 Å². The lowest BCUT2D eigenvalue weighted by Gasteiger charge is -2.22. The zero-order valence-corrected chi connectivity index (χ0v) is 9.27. The van der Waals surface area contributed by atoms with Gasteiger partial charge in [-0.3, -0.25) is 10.1 Å². The maximum absolute atomic E-state index is 11.9. The number of nitrogens with one attached hydrogen (secondary N) is 1. The average molecular weight is 212 g/mol. The van der Waals surface area contributed by atoms with Crippen LogP contribution >= 0.6 is 11.8 Å². The Morgan fingerprint density at radius 2 is 2.57 bits per heavy atom. The molecule has 1 N–H and O–H groups in total. The SMILES string of the molecule is C#CCN(CCC)C(=O)C1CSCN1. The molecule has 1 rings (SSSR count). The number of terminal acetylenes is 1. The van der Waals surface area contributed by atoms with Gasteiger partial charge in [0, 0.05) is 18.2 Å². The molecule has 0 bridgehead atoms. The molecule has 0 aliphatic carbocycles. The quantitative estimate of drug-likeness (QED) is 0.690. The molecule has 78 valence electrons. The second-order valence-electron chi connectivity index (χ2n) is 3.24. The predicted octanol–water partition coefficient (Wildman–Crippen LogP) is 0.521. The molecule has 1 heterocycles. The summed E-state index contributed by atoms with van der Waals surface area (Å²) in [4.78, 5) is 13.6. The Kier molecular flexibility index (Phi) is 4.85. The highest BCUT2D eigenvalue weighted by Gasteiger charge is 2.26. The van der Waals surface area contributed by atoms with Crippen LogP contribution in [-0.4, -0.2) is 41.6 Å². The third-order valence-electron chi connectivity index (χ3n) is 2.10. The first-order valence-electron chi connectivity index (χ1n) is 4.83. The van der Waals surface area contributed by atoms with E-state index in [2.05, 4.69) is 11.2 Å². The number of carbonyl (C=O) groups is 1. The normalized spacial score (nSPS) is 20.4. The second-order valence-corrected chi connectivity index (χ2v) is 4.27. The van der Waals surface area contributed by atoms with Gasteiger partial charge in [0.05, 0.1) is 12.6 Å². The van der Waals surface area contributed by atoms with Gasteiger partial charge in [-0.25, -0.2) is 0 Å². The van der Waals surface area contributed by atoms with Crippen molar-refractivity contribution in [1.82, 2.24) is 10.2 Å². The molecule has 0 spiro atoms. The summed E-state index contributed by atoms with van der Waals surface area (Å²) in [5.74, 6) is 4.41. The fourth-order valence-corrected chi connectivity index (χ4v) is 2.35. The molecule has 4 heteroatoms. The Balaban J connectivity index is 2.49. The molecule has 1 aliphatic heterocycles. The van der Waals surface area contributed by atoms with Crippen molar-refractivity contribution in [2.45, 2.75) is 19.4 Å². The zero-order valence-electron chi connectivity index (χ0n) is 8.45. The molecule has 1 unspecified atom stereocenters. The first-order chi connectivity index (χ1) is 6.79. The van der Waals surface area contributed by atoms with Gasteiger partial charge in [0.1, 0.15) is 0 Å². The molecule has 1 fully saturated rings. The fraction of sp³-hybridized carbons (Fsp3) is 0.700. The van der Waals surface area contributed by atoms with Gasteiger partial charge in [-0.15, -0.1) is 18.2 Å². The largest absolute Gasteiger partial charge is 0.330 e. The summed E-state index contributed by atoms with van der Waals surface area (Å²) in [6.45, 7) is 3.23. The van der Waals surface area contributed by atoms with Gasteiger partial charge >= 0.3 is 0 Å². The van der Waals surface area contributed by atoms with Crippen LogP contribution in [0.2, 0.25) is 0 Å². The van der Waals surface area contributed by atoms with Crippen molar-refractivity contribution < 1.29 is 4.79 Å². The number of thioether (sulfide) groups is 1. The van der Waals surface area contributed by atoms with E-state index < -0.39 is 0 Å². The summed E-state index contributed by atoms with van der Waals surface area (Å²) in [5, 5.41) is 3.16. The monoisotopic (exact) mass is 212 g/mol. The molecule has 1 amide bonds. The number of hydrogen-bond acceptors (Lipinski definition) is 3. The lowest BCUT2D eigenvalue weighted by atomic mass is 10.2.